The van der Waals surface area contributed by atoms with Crippen LogP contribution in [0.5, 0.6) is 5.75 Å². The van der Waals surface area contributed by atoms with Gasteiger partial charge >= 0.3 is 0 Å². The number of methoxy groups -OCH3 is 1. The van der Waals surface area contributed by atoms with E-state index in [0.29, 0.717) is 10.8 Å². The number of hydrogen-bond acceptors (Lipinski definition) is 5. The molecule has 8 heteroatoms. The zero-order chi connectivity index (χ0) is 18.4. The SMILES string of the molecule is COc1ccc(Cl)cc1C(=O)CCC(=O)Nc1ccccc1[N+](=O)[O-]. The molecule has 7 nitrogen and oxygen atoms in total. The van der Waals surface area contributed by atoms with Crippen LogP contribution >= 0.6 is 11.6 Å². The number of Topliss-reactive ketones (excluding diaryl/α,β-unsaturated/α-hetero) is 1. The predicted molar refractivity (Wildman–Crippen MR) is 93.3 cm³/mol. The van der Waals surface area contributed by atoms with Crippen LogP contribution in [0, 0.1) is 10.1 Å². The summed E-state index contributed by atoms with van der Waals surface area (Å²) in [5.41, 5.74) is 0.164. The highest BCUT2D eigenvalue weighted by Crippen LogP contribution is 2.25. The van der Waals surface area contributed by atoms with Crippen LogP contribution in [-0.4, -0.2) is 23.7 Å². The van der Waals surface area contributed by atoms with E-state index in [1.54, 1.807) is 18.2 Å². The Morgan fingerprint density at radius 2 is 1.92 bits per heavy atom. The van der Waals surface area contributed by atoms with Crippen molar-refractivity contribution in [2.75, 3.05) is 12.4 Å². The van der Waals surface area contributed by atoms with E-state index >= 15 is 0 Å². The number of carbonyl (C=O) groups is 2. The first-order valence-electron chi connectivity index (χ1n) is 7.32. The predicted octanol–water partition coefficient (Wildman–Crippen LogP) is 3.86. The molecule has 0 aliphatic heterocycles. The Kier molecular flexibility index (Phi) is 6.08. The highest BCUT2D eigenvalue weighted by Gasteiger charge is 2.17. The van der Waals surface area contributed by atoms with Crippen LogP contribution in [0.2, 0.25) is 5.02 Å². The monoisotopic (exact) mass is 362 g/mol. The summed E-state index contributed by atoms with van der Waals surface area (Å²) >= 11 is 5.88. The summed E-state index contributed by atoms with van der Waals surface area (Å²) in [6, 6.07) is 10.4. The molecule has 0 bridgehead atoms. The van der Waals surface area contributed by atoms with E-state index in [1.807, 2.05) is 0 Å². The van der Waals surface area contributed by atoms with Gasteiger partial charge in [0.15, 0.2) is 5.78 Å². The maximum Gasteiger partial charge on any atom is 0.292 e. The summed E-state index contributed by atoms with van der Waals surface area (Å²) in [6.45, 7) is 0. The molecule has 0 spiro atoms. The molecule has 0 heterocycles. The summed E-state index contributed by atoms with van der Waals surface area (Å²) in [4.78, 5) is 34.6. The first-order valence-corrected chi connectivity index (χ1v) is 7.70. The van der Waals surface area contributed by atoms with Gasteiger partial charge in [-0.25, -0.2) is 0 Å². The summed E-state index contributed by atoms with van der Waals surface area (Å²) in [6.07, 6.45) is -0.205. The van der Waals surface area contributed by atoms with Crippen molar-refractivity contribution >= 4 is 34.7 Å². The van der Waals surface area contributed by atoms with E-state index in [2.05, 4.69) is 5.32 Å². The van der Waals surface area contributed by atoms with Crippen molar-refractivity contribution < 1.29 is 19.2 Å². The number of hydrogen-bond donors (Lipinski definition) is 1. The number of nitrogens with one attached hydrogen (secondary N) is 1. The number of amides is 1. The van der Waals surface area contributed by atoms with Gasteiger partial charge in [0.1, 0.15) is 11.4 Å². The molecular formula is C17H15ClN2O5. The fourth-order valence-corrected chi connectivity index (χ4v) is 2.38. The molecule has 2 rings (SSSR count). The topological polar surface area (TPSA) is 98.5 Å². The Balaban J connectivity index is 2.02. The van der Waals surface area contributed by atoms with Gasteiger partial charge in [0.05, 0.1) is 17.6 Å². The highest BCUT2D eigenvalue weighted by molar-refractivity contribution is 6.31. The number of nitro benzene ring substituents is 1. The highest BCUT2D eigenvalue weighted by atomic mass is 35.5. The molecule has 0 unspecified atom stereocenters. The molecule has 130 valence electrons. The normalized spacial score (nSPS) is 10.2. The van der Waals surface area contributed by atoms with Gasteiger partial charge in [-0.15, -0.1) is 0 Å². The number of carbonyl (C=O) groups excluding carboxylic acids is 2. The summed E-state index contributed by atoms with van der Waals surface area (Å²) in [7, 11) is 1.43. The first-order chi connectivity index (χ1) is 11.9. The quantitative estimate of drug-likeness (QED) is 0.458. The van der Waals surface area contributed by atoms with Crippen LogP contribution in [0.25, 0.3) is 0 Å². The van der Waals surface area contributed by atoms with Crippen molar-refractivity contribution in [3.05, 3.63) is 63.2 Å². The number of rotatable bonds is 7. The zero-order valence-electron chi connectivity index (χ0n) is 13.3. The molecular weight excluding hydrogens is 348 g/mol. The Hall–Kier alpha value is -2.93. The lowest BCUT2D eigenvalue weighted by atomic mass is 10.1. The van der Waals surface area contributed by atoms with Crippen LogP contribution in [-0.2, 0) is 4.79 Å². The molecule has 0 radical (unpaired) electrons. The Morgan fingerprint density at radius 1 is 1.20 bits per heavy atom. The number of benzene rings is 2. The van der Waals surface area contributed by atoms with Crippen LogP contribution < -0.4 is 10.1 Å². The first kappa shape index (κ1) is 18.4. The number of ketones is 1. The summed E-state index contributed by atoms with van der Waals surface area (Å²) < 4.78 is 5.11. The third kappa shape index (κ3) is 4.77. The fourth-order valence-electron chi connectivity index (χ4n) is 2.21. The summed E-state index contributed by atoms with van der Waals surface area (Å²) in [5.74, 6) is -0.436. The molecule has 0 saturated heterocycles. The van der Waals surface area contributed by atoms with Gasteiger partial charge < -0.3 is 10.1 Å². The molecule has 1 amide bonds. The van der Waals surface area contributed by atoms with E-state index in [-0.39, 0.29) is 35.6 Å². The molecule has 0 atom stereocenters. The Labute approximate surface area is 148 Å². The smallest absolute Gasteiger partial charge is 0.292 e. The minimum absolute atomic E-state index is 0.0802. The average Bonchev–Trinajstić information content (AvgIpc) is 2.60. The van der Waals surface area contributed by atoms with Gasteiger partial charge in [0.2, 0.25) is 5.91 Å². The number of para-hydroxylation sites is 2. The Bertz CT molecular complexity index is 822. The molecule has 2 aromatic carbocycles. The zero-order valence-corrected chi connectivity index (χ0v) is 14.1. The average molecular weight is 363 g/mol. The minimum Gasteiger partial charge on any atom is -0.496 e. The van der Waals surface area contributed by atoms with Crippen LogP contribution in [0.3, 0.4) is 0 Å². The van der Waals surface area contributed by atoms with Crippen molar-refractivity contribution in [3.8, 4) is 5.75 Å². The third-order valence-corrected chi connectivity index (χ3v) is 3.65. The van der Waals surface area contributed by atoms with Crippen LogP contribution in [0.4, 0.5) is 11.4 Å². The number of ether oxygens (including phenoxy) is 1. The largest absolute Gasteiger partial charge is 0.496 e. The molecule has 0 aromatic heterocycles. The van der Waals surface area contributed by atoms with Crippen LogP contribution in [0.15, 0.2) is 42.5 Å². The molecule has 1 N–H and O–H groups in total. The maximum atomic E-state index is 12.3. The van der Waals surface area contributed by atoms with Gasteiger partial charge in [-0.2, -0.15) is 0 Å². The minimum atomic E-state index is -0.586. The molecule has 0 fully saturated rings. The molecule has 0 aliphatic carbocycles. The number of nitrogens with zero attached hydrogens (tertiary/aromatic N) is 1. The molecule has 0 saturated carbocycles. The van der Waals surface area contributed by atoms with Gasteiger partial charge in [0, 0.05) is 23.9 Å². The number of halogens is 1. The van der Waals surface area contributed by atoms with Gasteiger partial charge in [0.25, 0.3) is 5.69 Å². The van der Waals surface area contributed by atoms with E-state index < -0.39 is 10.8 Å². The van der Waals surface area contributed by atoms with Crippen molar-refractivity contribution in [1.82, 2.24) is 0 Å². The number of anilines is 1. The van der Waals surface area contributed by atoms with E-state index in [9.17, 15) is 19.7 Å². The standard InChI is InChI=1S/C17H15ClN2O5/c1-25-16-8-6-11(18)10-12(16)15(21)7-9-17(22)19-13-4-2-3-5-14(13)20(23)24/h2-6,8,10H,7,9H2,1H3,(H,19,22). The molecule has 0 aliphatic rings. The molecule has 25 heavy (non-hydrogen) atoms. The third-order valence-electron chi connectivity index (χ3n) is 3.42. The molecule has 2 aromatic rings. The van der Waals surface area contributed by atoms with Gasteiger partial charge in [-0.3, -0.25) is 19.7 Å². The lowest BCUT2D eigenvalue weighted by Gasteiger charge is -2.08. The van der Waals surface area contributed by atoms with Crippen molar-refractivity contribution in [1.29, 1.82) is 0 Å². The Morgan fingerprint density at radius 3 is 2.60 bits per heavy atom. The fraction of sp³-hybridized carbons (Fsp3) is 0.176. The van der Waals surface area contributed by atoms with Crippen molar-refractivity contribution in [2.45, 2.75) is 12.8 Å². The maximum absolute atomic E-state index is 12.3. The van der Waals surface area contributed by atoms with Crippen molar-refractivity contribution in [2.24, 2.45) is 0 Å². The van der Waals surface area contributed by atoms with Gasteiger partial charge in [-0.1, -0.05) is 23.7 Å². The second kappa shape index (κ2) is 8.25. The second-order valence-electron chi connectivity index (χ2n) is 5.09. The van der Waals surface area contributed by atoms with E-state index in [0.717, 1.165) is 0 Å². The van der Waals surface area contributed by atoms with E-state index in [4.69, 9.17) is 16.3 Å². The lowest BCUT2D eigenvalue weighted by molar-refractivity contribution is -0.383. The lowest BCUT2D eigenvalue weighted by Crippen LogP contribution is -2.14. The second-order valence-corrected chi connectivity index (χ2v) is 5.53. The van der Waals surface area contributed by atoms with Gasteiger partial charge in [-0.05, 0) is 24.3 Å². The number of nitro groups is 1. The van der Waals surface area contributed by atoms with Crippen LogP contribution in [0.1, 0.15) is 23.2 Å². The van der Waals surface area contributed by atoms with E-state index in [1.165, 1.54) is 31.4 Å². The van der Waals surface area contributed by atoms with Crippen molar-refractivity contribution in [3.63, 3.8) is 0 Å². The summed E-state index contributed by atoms with van der Waals surface area (Å²) in [5, 5.41) is 13.8.